The summed E-state index contributed by atoms with van der Waals surface area (Å²) in [5, 5.41) is -1.07. The lowest BCUT2D eigenvalue weighted by molar-refractivity contribution is -0.155. The van der Waals surface area contributed by atoms with E-state index >= 15 is 0 Å². The number of hydrogen-bond acceptors (Lipinski definition) is 9. The molecule has 42 heavy (non-hydrogen) atoms. The molecule has 240 valence electrons. The highest BCUT2D eigenvalue weighted by molar-refractivity contribution is 7.90. The van der Waals surface area contributed by atoms with Gasteiger partial charge in [0.2, 0.25) is 10.0 Å². The lowest BCUT2D eigenvalue weighted by Gasteiger charge is -2.41. The molecule has 1 heterocycles. The first kappa shape index (κ1) is 36.2. The van der Waals surface area contributed by atoms with Gasteiger partial charge < -0.3 is 23.4 Å². The van der Waals surface area contributed by atoms with Crippen molar-refractivity contribution in [1.82, 2.24) is 4.31 Å². The van der Waals surface area contributed by atoms with Gasteiger partial charge >= 0.3 is 11.9 Å². The Balaban J connectivity index is 3.06. The van der Waals surface area contributed by atoms with Crippen molar-refractivity contribution in [3.05, 3.63) is 28.8 Å². The summed E-state index contributed by atoms with van der Waals surface area (Å²) < 4.78 is 58.3. The van der Waals surface area contributed by atoms with E-state index in [1.165, 1.54) is 25.4 Å². The fourth-order valence-corrected chi connectivity index (χ4v) is 8.44. The van der Waals surface area contributed by atoms with E-state index in [1.54, 1.807) is 39.8 Å². The number of ether oxygens (including phenoxy) is 4. The van der Waals surface area contributed by atoms with Gasteiger partial charge in [0, 0.05) is 38.2 Å². The van der Waals surface area contributed by atoms with Crippen LogP contribution in [0.25, 0.3) is 0 Å². The Morgan fingerprint density at radius 3 is 2.07 bits per heavy atom. The SMILES string of the molecule is CCN1CC[C@@H]([C@H](O[Si](C)(C)C(C)(C)C)c2cc(C(C)(C)OC(C)=O)c(OCOC)c(C(C)(C)C(=O)OC)c2)S1(=O)=O. The number of hydrogen-bond donors (Lipinski definition) is 0. The minimum absolute atomic E-state index is 0.140. The second kappa shape index (κ2) is 12.9. The lowest BCUT2D eigenvalue weighted by Crippen LogP contribution is -2.45. The Bertz CT molecular complexity index is 1250. The molecule has 0 spiro atoms. The van der Waals surface area contributed by atoms with E-state index in [0.717, 1.165) is 0 Å². The Morgan fingerprint density at radius 1 is 1.05 bits per heavy atom. The van der Waals surface area contributed by atoms with Crippen molar-refractivity contribution in [2.24, 2.45) is 0 Å². The number of sulfonamides is 1. The predicted octanol–water partition coefficient (Wildman–Crippen LogP) is 5.41. The first-order valence-electron chi connectivity index (χ1n) is 14.3. The van der Waals surface area contributed by atoms with E-state index in [0.29, 0.717) is 36.2 Å². The Labute approximate surface area is 253 Å². The highest BCUT2D eigenvalue weighted by Gasteiger charge is 2.49. The quantitative estimate of drug-likeness (QED) is 0.170. The number of rotatable bonds is 12. The molecule has 1 aliphatic heterocycles. The third-order valence-electron chi connectivity index (χ3n) is 8.50. The van der Waals surface area contributed by atoms with Gasteiger partial charge in [-0.05, 0) is 69.9 Å². The lowest BCUT2D eigenvalue weighted by atomic mass is 9.79. The average molecular weight is 630 g/mol. The summed E-state index contributed by atoms with van der Waals surface area (Å²) in [5.41, 5.74) is -1.02. The molecule has 1 aromatic rings. The minimum atomic E-state index is -3.70. The van der Waals surface area contributed by atoms with Crippen LogP contribution >= 0.6 is 0 Å². The number of methoxy groups -OCH3 is 2. The molecule has 1 saturated heterocycles. The molecular formula is C30H51NO9SSi. The van der Waals surface area contributed by atoms with Gasteiger partial charge in [0.15, 0.2) is 15.1 Å². The van der Waals surface area contributed by atoms with Gasteiger partial charge in [-0.15, -0.1) is 0 Å². The third-order valence-corrected chi connectivity index (χ3v) is 15.4. The highest BCUT2D eigenvalue weighted by Crippen LogP contribution is 2.48. The van der Waals surface area contributed by atoms with Gasteiger partial charge in [-0.2, -0.15) is 0 Å². The van der Waals surface area contributed by atoms with E-state index < -0.39 is 52.6 Å². The Hall–Kier alpha value is -1.99. The van der Waals surface area contributed by atoms with E-state index in [4.69, 9.17) is 23.4 Å². The largest absolute Gasteiger partial charge is 0.468 e. The van der Waals surface area contributed by atoms with Crippen LogP contribution in [0.15, 0.2) is 12.1 Å². The normalized spacial score (nSPS) is 18.9. The molecule has 10 nitrogen and oxygen atoms in total. The fourth-order valence-electron chi connectivity index (χ4n) is 5.02. The molecule has 1 aliphatic rings. The molecule has 2 rings (SSSR count). The molecule has 0 amide bonds. The molecule has 1 aromatic carbocycles. The van der Waals surface area contributed by atoms with Crippen LogP contribution < -0.4 is 4.74 Å². The maximum Gasteiger partial charge on any atom is 0.315 e. The summed E-state index contributed by atoms with van der Waals surface area (Å²) in [6.07, 6.45) is -0.474. The van der Waals surface area contributed by atoms with Crippen LogP contribution in [0.4, 0.5) is 0 Å². The first-order valence-corrected chi connectivity index (χ1v) is 18.7. The molecule has 0 N–H and O–H groups in total. The zero-order valence-electron chi connectivity index (χ0n) is 27.7. The zero-order chi connectivity index (χ0) is 32.5. The number of benzene rings is 1. The number of esters is 2. The van der Waals surface area contributed by atoms with E-state index in [-0.39, 0.29) is 17.6 Å². The van der Waals surface area contributed by atoms with Crippen molar-refractivity contribution in [1.29, 1.82) is 0 Å². The third kappa shape index (κ3) is 7.38. The van der Waals surface area contributed by atoms with Crippen molar-refractivity contribution in [3.63, 3.8) is 0 Å². The van der Waals surface area contributed by atoms with Gasteiger partial charge in [0.1, 0.15) is 16.6 Å². The second-order valence-electron chi connectivity index (χ2n) is 13.4. The van der Waals surface area contributed by atoms with Crippen molar-refractivity contribution in [3.8, 4) is 5.75 Å². The van der Waals surface area contributed by atoms with Gasteiger partial charge in [0.25, 0.3) is 0 Å². The Kier molecular flexibility index (Phi) is 11.1. The summed E-state index contributed by atoms with van der Waals surface area (Å²) in [5.74, 6) is -0.744. The topological polar surface area (TPSA) is 118 Å². The van der Waals surface area contributed by atoms with Crippen LogP contribution in [-0.4, -0.2) is 72.3 Å². The fraction of sp³-hybridized carbons (Fsp3) is 0.733. The summed E-state index contributed by atoms with van der Waals surface area (Å²) in [6.45, 7) is 21.1. The van der Waals surface area contributed by atoms with Crippen molar-refractivity contribution in [2.75, 3.05) is 34.1 Å². The van der Waals surface area contributed by atoms with Gasteiger partial charge in [-0.1, -0.05) is 27.7 Å². The van der Waals surface area contributed by atoms with E-state index in [2.05, 4.69) is 33.9 Å². The number of carbonyl (C=O) groups is 2. The second-order valence-corrected chi connectivity index (χ2v) is 20.3. The highest BCUT2D eigenvalue weighted by atomic mass is 32.2. The van der Waals surface area contributed by atoms with Crippen LogP contribution in [0.1, 0.15) is 91.5 Å². The number of nitrogens with zero attached hydrogens (tertiary/aromatic N) is 1. The first-order chi connectivity index (χ1) is 19.1. The van der Waals surface area contributed by atoms with Crippen LogP contribution in [0.5, 0.6) is 5.75 Å². The van der Waals surface area contributed by atoms with Crippen LogP contribution in [-0.2, 0) is 49.3 Å². The Morgan fingerprint density at radius 2 is 1.62 bits per heavy atom. The van der Waals surface area contributed by atoms with Crippen LogP contribution in [0.2, 0.25) is 18.1 Å². The predicted molar refractivity (Wildman–Crippen MR) is 164 cm³/mol. The zero-order valence-corrected chi connectivity index (χ0v) is 29.5. The smallest absolute Gasteiger partial charge is 0.315 e. The average Bonchev–Trinajstić information content (AvgIpc) is 3.16. The summed E-state index contributed by atoms with van der Waals surface area (Å²) in [7, 11) is -3.46. The van der Waals surface area contributed by atoms with E-state index in [9.17, 15) is 18.0 Å². The van der Waals surface area contributed by atoms with Gasteiger partial charge in [-0.25, -0.2) is 12.7 Å². The monoisotopic (exact) mass is 629 g/mol. The van der Waals surface area contributed by atoms with Gasteiger partial charge in [-0.3, -0.25) is 9.59 Å². The summed E-state index contributed by atoms with van der Waals surface area (Å²) in [6, 6.07) is 3.56. The molecule has 0 aromatic heterocycles. The maximum absolute atomic E-state index is 13.8. The number of carbonyl (C=O) groups excluding carboxylic acids is 2. The van der Waals surface area contributed by atoms with E-state index in [1.807, 2.05) is 6.92 Å². The maximum atomic E-state index is 13.8. The summed E-state index contributed by atoms with van der Waals surface area (Å²) in [4.78, 5) is 25.4. The molecule has 0 saturated carbocycles. The minimum Gasteiger partial charge on any atom is -0.468 e. The molecule has 0 radical (unpaired) electrons. The molecule has 12 heteroatoms. The van der Waals surface area contributed by atoms with Crippen LogP contribution in [0.3, 0.4) is 0 Å². The summed E-state index contributed by atoms with van der Waals surface area (Å²) >= 11 is 0. The molecule has 0 unspecified atom stereocenters. The molecule has 0 bridgehead atoms. The molecule has 0 aliphatic carbocycles. The standard InChI is InChI=1S/C30H51NO9SSi/c1-14-31-16-15-24(41(31,34)35)25(40-42(12,13)28(3,4)5)21-17-22(29(6,7)27(33)37-11)26(38-19-36-10)23(18-21)30(8,9)39-20(2)32/h17-18,24-25H,14-16,19H2,1-13H3/t24-,25+/m0/s1. The molecule has 2 atom stereocenters. The molecule has 1 fully saturated rings. The van der Waals surface area contributed by atoms with Crippen molar-refractivity contribution >= 4 is 30.3 Å². The van der Waals surface area contributed by atoms with Crippen molar-refractivity contribution < 1.29 is 41.4 Å². The van der Waals surface area contributed by atoms with Crippen molar-refractivity contribution in [2.45, 2.75) is 109 Å². The van der Waals surface area contributed by atoms with Crippen LogP contribution in [0, 0.1) is 0 Å². The van der Waals surface area contributed by atoms with Gasteiger partial charge in [0.05, 0.1) is 18.6 Å². The molecular weight excluding hydrogens is 578 g/mol.